The van der Waals surface area contributed by atoms with Gasteiger partial charge in [0, 0.05) is 37.9 Å². The molecule has 0 aliphatic carbocycles. The van der Waals surface area contributed by atoms with Crippen LogP contribution in [0.1, 0.15) is 30.7 Å². The van der Waals surface area contributed by atoms with Crippen LogP contribution in [0.2, 0.25) is 0 Å². The number of aryl methyl sites for hydroxylation is 2. The summed E-state index contributed by atoms with van der Waals surface area (Å²) < 4.78 is 5.18. The van der Waals surface area contributed by atoms with E-state index in [2.05, 4.69) is 30.8 Å². The van der Waals surface area contributed by atoms with Gasteiger partial charge in [0.2, 0.25) is 0 Å². The van der Waals surface area contributed by atoms with Crippen LogP contribution >= 0.6 is 0 Å². The molecule has 156 valence electrons. The number of urea groups is 1. The predicted octanol–water partition coefficient (Wildman–Crippen LogP) is 3.33. The number of nitrogens with one attached hydrogen (secondary N) is 3. The molecular formula is C21H30N6O2. The van der Waals surface area contributed by atoms with Crippen molar-refractivity contribution in [3.05, 3.63) is 35.7 Å². The molecule has 2 heterocycles. The van der Waals surface area contributed by atoms with Gasteiger partial charge in [0.05, 0.1) is 7.11 Å². The molecule has 2 amide bonds. The molecule has 8 nitrogen and oxygen atoms in total. The molecule has 2 aromatic rings. The quantitative estimate of drug-likeness (QED) is 0.620. The van der Waals surface area contributed by atoms with Crippen molar-refractivity contribution in [2.24, 2.45) is 0 Å². The molecule has 29 heavy (non-hydrogen) atoms. The highest BCUT2D eigenvalue weighted by Crippen LogP contribution is 2.21. The Hall–Kier alpha value is -3.03. The van der Waals surface area contributed by atoms with Crippen LogP contribution in [-0.2, 0) is 0 Å². The third-order valence-corrected chi connectivity index (χ3v) is 4.90. The fraction of sp³-hybridized carbons (Fsp3) is 0.476. The van der Waals surface area contributed by atoms with E-state index in [0.717, 1.165) is 47.5 Å². The van der Waals surface area contributed by atoms with Gasteiger partial charge in [-0.25, -0.2) is 14.8 Å². The summed E-state index contributed by atoms with van der Waals surface area (Å²) in [5.41, 5.74) is 1.70. The number of aromatic nitrogens is 2. The van der Waals surface area contributed by atoms with Crippen molar-refractivity contribution in [1.82, 2.24) is 15.3 Å². The fourth-order valence-electron chi connectivity index (χ4n) is 3.36. The fourth-order valence-corrected chi connectivity index (χ4v) is 3.36. The Bertz CT molecular complexity index is 836. The summed E-state index contributed by atoms with van der Waals surface area (Å²) in [7, 11) is 1.62. The molecule has 1 aromatic heterocycles. The molecule has 1 aromatic carbocycles. The minimum atomic E-state index is -0.243. The van der Waals surface area contributed by atoms with E-state index in [1.54, 1.807) is 7.11 Å². The SMILES string of the molecule is COc1ccc(NC(=O)NCCNc2cc(N3CCCCC3)nc(C)n2)c(C)c1. The van der Waals surface area contributed by atoms with E-state index in [0.29, 0.717) is 13.1 Å². The van der Waals surface area contributed by atoms with Gasteiger partial charge in [0.1, 0.15) is 23.2 Å². The molecule has 0 saturated carbocycles. The standard InChI is InChI=1S/C21H30N6O2/c1-15-13-17(29-3)7-8-18(15)26-21(28)23-10-9-22-19-14-20(25-16(2)24-19)27-11-5-4-6-12-27/h7-8,13-14H,4-6,9-12H2,1-3H3,(H,22,24,25)(H2,23,26,28). The monoisotopic (exact) mass is 398 g/mol. The Labute approximate surface area is 172 Å². The summed E-state index contributed by atoms with van der Waals surface area (Å²) in [6, 6.07) is 7.28. The summed E-state index contributed by atoms with van der Waals surface area (Å²) in [5, 5.41) is 8.98. The van der Waals surface area contributed by atoms with Crippen molar-refractivity contribution in [3.8, 4) is 5.75 Å². The molecular weight excluding hydrogens is 368 g/mol. The van der Waals surface area contributed by atoms with Crippen LogP contribution in [0.15, 0.2) is 24.3 Å². The average Bonchev–Trinajstić information content (AvgIpc) is 2.73. The van der Waals surface area contributed by atoms with Crippen molar-refractivity contribution < 1.29 is 9.53 Å². The molecule has 8 heteroatoms. The zero-order valence-electron chi connectivity index (χ0n) is 17.4. The van der Waals surface area contributed by atoms with Gasteiger partial charge in [0.15, 0.2) is 0 Å². The summed E-state index contributed by atoms with van der Waals surface area (Å²) in [4.78, 5) is 23.5. The van der Waals surface area contributed by atoms with Crippen molar-refractivity contribution in [2.75, 3.05) is 48.8 Å². The Morgan fingerprint density at radius 1 is 1.10 bits per heavy atom. The van der Waals surface area contributed by atoms with Gasteiger partial charge in [-0.3, -0.25) is 0 Å². The second-order valence-electron chi connectivity index (χ2n) is 7.19. The number of benzene rings is 1. The maximum Gasteiger partial charge on any atom is 0.319 e. The number of carbonyl (C=O) groups is 1. The molecule has 1 aliphatic rings. The number of carbonyl (C=O) groups excluding carboxylic acids is 1. The second kappa shape index (κ2) is 9.95. The van der Waals surface area contributed by atoms with Gasteiger partial charge >= 0.3 is 6.03 Å². The Morgan fingerprint density at radius 3 is 2.62 bits per heavy atom. The smallest absolute Gasteiger partial charge is 0.319 e. The van der Waals surface area contributed by atoms with Gasteiger partial charge in [0.25, 0.3) is 0 Å². The molecule has 0 unspecified atom stereocenters. The van der Waals surface area contributed by atoms with Gasteiger partial charge in [-0.15, -0.1) is 0 Å². The number of rotatable bonds is 7. The number of amides is 2. The van der Waals surface area contributed by atoms with Gasteiger partial charge in [-0.05, 0) is 56.9 Å². The van der Waals surface area contributed by atoms with Crippen LogP contribution in [-0.4, -0.2) is 49.3 Å². The Balaban J connectivity index is 1.46. The number of piperidine rings is 1. The van der Waals surface area contributed by atoms with Crippen molar-refractivity contribution in [1.29, 1.82) is 0 Å². The molecule has 0 atom stereocenters. The number of hydrogen-bond donors (Lipinski definition) is 3. The topological polar surface area (TPSA) is 91.4 Å². The van der Waals surface area contributed by atoms with Crippen molar-refractivity contribution in [3.63, 3.8) is 0 Å². The van der Waals surface area contributed by atoms with Crippen LogP contribution in [0.25, 0.3) is 0 Å². The second-order valence-corrected chi connectivity index (χ2v) is 7.19. The average molecular weight is 399 g/mol. The lowest BCUT2D eigenvalue weighted by Gasteiger charge is -2.28. The van der Waals surface area contributed by atoms with Crippen LogP contribution in [0.5, 0.6) is 5.75 Å². The predicted molar refractivity (Wildman–Crippen MR) is 116 cm³/mol. The van der Waals surface area contributed by atoms with E-state index < -0.39 is 0 Å². The third-order valence-electron chi connectivity index (χ3n) is 4.90. The number of anilines is 3. The minimum absolute atomic E-state index is 0.243. The largest absolute Gasteiger partial charge is 0.497 e. The molecule has 1 fully saturated rings. The number of hydrogen-bond acceptors (Lipinski definition) is 6. The van der Waals surface area contributed by atoms with Gasteiger partial charge in [-0.2, -0.15) is 0 Å². The highest BCUT2D eigenvalue weighted by atomic mass is 16.5. The van der Waals surface area contributed by atoms with Crippen molar-refractivity contribution in [2.45, 2.75) is 33.1 Å². The van der Waals surface area contributed by atoms with E-state index >= 15 is 0 Å². The summed E-state index contributed by atoms with van der Waals surface area (Å²) >= 11 is 0. The van der Waals surface area contributed by atoms with Crippen LogP contribution < -0.4 is 25.6 Å². The zero-order chi connectivity index (χ0) is 20.6. The first-order valence-corrected chi connectivity index (χ1v) is 10.1. The maximum atomic E-state index is 12.1. The van der Waals surface area contributed by atoms with Crippen molar-refractivity contribution >= 4 is 23.4 Å². The summed E-state index contributed by atoms with van der Waals surface area (Å²) in [5.74, 6) is 3.27. The number of nitrogens with zero attached hydrogens (tertiary/aromatic N) is 3. The molecule has 3 N–H and O–H groups in total. The first-order valence-electron chi connectivity index (χ1n) is 10.1. The molecule has 0 radical (unpaired) electrons. The molecule has 0 bridgehead atoms. The molecule has 0 spiro atoms. The summed E-state index contributed by atoms with van der Waals surface area (Å²) in [6.07, 6.45) is 3.70. The van der Waals surface area contributed by atoms with E-state index in [1.165, 1.54) is 19.3 Å². The van der Waals surface area contributed by atoms with E-state index in [9.17, 15) is 4.79 Å². The number of methoxy groups -OCH3 is 1. The maximum absolute atomic E-state index is 12.1. The summed E-state index contributed by atoms with van der Waals surface area (Å²) in [6.45, 7) is 6.97. The lowest BCUT2D eigenvalue weighted by molar-refractivity contribution is 0.252. The highest BCUT2D eigenvalue weighted by molar-refractivity contribution is 5.90. The molecule has 1 saturated heterocycles. The third kappa shape index (κ3) is 5.97. The lowest BCUT2D eigenvalue weighted by Crippen LogP contribution is -2.33. The lowest BCUT2D eigenvalue weighted by atomic mass is 10.1. The van der Waals surface area contributed by atoms with E-state index in [1.807, 2.05) is 38.1 Å². The zero-order valence-corrected chi connectivity index (χ0v) is 17.4. The highest BCUT2D eigenvalue weighted by Gasteiger charge is 2.13. The Kier molecular flexibility index (Phi) is 7.10. The Morgan fingerprint density at radius 2 is 1.90 bits per heavy atom. The first-order chi connectivity index (χ1) is 14.0. The van der Waals surface area contributed by atoms with Gasteiger partial charge < -0.3 is 25.6 Å². The van der Waals surface area contributed by atoms with Gasteiger partial charge in [-0.1, -0.05) is 0 Å². The van der Waals surface area contributed by atoms with Crippen LogP contribution in [0.4, 0.5) is 22.1 Å². The minimum Gasteiger partial charge on any atom is -0.497 e. The first kappa shape index (κ1) is 20.7. The molecule has 1 aliphatic heterocycles. The number of ether oxygens (including phenoxy) is 1. The van der Waals surface area contributed by atoms with E-state index in [-0.39, 0.29) is 6.03 Å². The normalized spacial score (nSPS) is 13.7. The van der Waals surface area contributed by atoms with E-state index in [4.69, 9.17) is 4.74 Å². The van der Waals surface area contributed by atoms with Crippen LogP contribution in [0, 0.1) is 13.8 Å². The molecule has 3 rings (SSSR count). The van der Waals surface area contributed by atoms with Crippen LogP contribution in [0.3, 0.4) is 0 Å².